The third-order valence-corrected chi connectivity index (χ3v) is 3.44. The van der Waals surface area contributed by atoms with Crippen LogP contribution >= 0.6 is 0 Å². The van der Waals surface area contributed by atoms with Gasteiger partial charge in [-0.1, -0.05) is 12.1 Å². The molecule has 1 aliphatic heterocycles. The van der Waals surface area contributed by atoms with Crippen LogP contribution in [0.1, 0.15) is 32.3 Å². The van der Waals surface area contributed by atoms with Gasteiger partial charge in [-0.25, -0.2) is 0 Å². The summed E-state index contributed by atoms with van der Waals surface area (Å²) in [5, 5.41) is 11.9. The topological polar surface area (TPSA) is 71.3 Å². The Labute approximate surface area is 136 Å². The van der Waals surface area contributed by atoms with E-state index >= 15 is 0 Å². The molecule has 0 saturated carbocycles. The van der Waals surface area contributed by atoms with E-state index in [4.69, 9.17) is 9.47 Å². The monoisotopic (exact) mass is 314 g/mol. The predicted octanol–water partition coefficient (Wildman–Crippen LogP) is 2.68. The van der Waals surface area contributed by atoms with Gasteiger partial charge in [0, 0.05) is 13.2 Å². The van der Waals surface area contributed by atoms with Gasteiger partial charge in [0.25, 0.3) is 5.91 Å². The Morgan fingerprint density at radius 2 is 2.22 bits per heavy atom. The number of nitrogens with zero attached hydrogens (tertiary/aromatic N) is 1. The highest BCUT2D eigenvalue weighted by atomic mass is 16.5. The summed E-state index contributed by atoms with van der Waals surface area (Å²) in [6, 6.07) is 9.24. The molecule has 0 aromatic heterocycles. The van der Waals surface area contributed by atoms with Gasteiger partial charge in [0.05, 0.1) is 12.2 Å². The van der Waals surface area contributed by atoms with Crippen molar-refractivity contribution >= 4 is 12.0 Å². The van der Waals surface area contributed by atoms with E-state index in [0.29, 0.717) is 6.54 Å². The molecule has 0 radical (unpaired) electrons. The maximum absolute atomic E-state index is 12.1. The Bertz CT molecular complexity index is 594. The molecule has 1 amide bonds. The molecule has 5 heteroatoms. The molecule has 0 spiro atoms. The fourth-order valence-electron chi connectivity index (χ4n) is 2.34. The van der Waals surface area contributed by atoms with E-state index < -0.39 is 0 Å². The van der Waals surface area contributed by atoms with Crippen molar-refractivity contribution in [2.45, 2.75) is 38.9 Å². The molecule has 1 fully saturated rings. The van der Waals surface area contributed by atoms with Gasteiger partial charge < -0.3 is 14.8 Å². The Balaban J connectivity index is 1.96. The fraction of sp³-hybridized carbons (Fsp3) is 0.444. The number of benzene rings is 1. The molecule has 1 aromatic rings. The van der Waals surface area contributed by atoms with Crippen molar-refractivity contribution in [1.82, 2.24) is 5.32 Å². The molecule has 1 heterocycles. The largest absolute Gasteiger partial charge is 0.491 e. The van der Waals surface area contributed by atoms with Crippen LogP contribution < -0.4 is 10.1 Å². The molecular formula is C18H22N2O3. The summed E-state index contributed by atoms with van der Waals surface area (Å²) in [6.45, 7) is 5.10. The first-order valence-electron chi connectivity index (χ1n) is 7.87. The fourth-order valence-corrected chi connectivity index (χ4v) is 2.34. The molecular weight excluding hydrogens is 292 g/mol. The number of carbonyl (C=O) groups excluding carboxylic acids is 1. The van der Waals surface area contributed by atoms with Gasteiger partial charge >= 0.3 is 0 Å². The van der Waals surface area contributed by atoms with Gasteiger partial charge in [0.15, 0.2) is 0 Å². The lowest BCUT2D eigenvalue weighted by atomic mass is 10.1. The van der Waals surface area contributed by atoms with Crippen LogP contribution in [0.25, 0.3) is 6.08 Å². The van der Waals surface area contributed by atoms with Gasteiger partial charge in [-0.2, -0.15) is 5.26 Å². The highest BCUT2D eigenvalue weighted by Gasteiger charge is 2.17. The van der Waals surface area contributed by atoms with Crippen molar-refractivity contribution < 1.29 is 14.3 Å². The summed E-state index contributed by atoms with van der Waals surface area (Å²) in [7, 11) is 0. The van der Waals surface area contributed by atoms with Crippen LogP contribution in [-0.2, 0) is 9.53 Å². The zero-order valence-corrected chi connectivity index (χ0v) is 13.5. The maximum atomic E-state index is 12.1. The summed E-state index contributed by atoms with van der Waals surface area (Å²) in [6.07, 6.45) is 3.71. The first kappa shape index (κ1) is 17.0. The van der Waals surface area contributed by atoms with E-state index in [1.165, 1.54) is 0 Å². The zero-order chi connectivity index (χ0) is 16.7. The number of hydrogen-bond acceptors (Lipinski definition) is 4. The number of hydrogen-bond donors (Lipinski definition) is 1. The predicted molar refractivity (Wildman–Crippen MR) is 87.8 cm³/mol. The Hall–Kier alpha value is -2.32. The number of rotatable bonds is 6. The molecule has 1 aromatic carbocycles. The van der Waals surface area contributed by atoms with Crippen molar-refractivity contribution in [3.63, 3.8) is 0 Å². The van der Waals surface area contributed by atoms with E-state index in [1.54, 1.807) is 6.08 Å². The average Bonchev–Trinajstić information content (AvgIpc) is 3.04. The highest BCUT2D eigenvalue weighted by molar-refractivity contribution is 6.01. The minimum atomic E-state index is -0.370. The van der Waals surface area contributed by atoms with Crippen molar-refractivity contribution in [3.8, 4) is 11.8 Å². The third kappa shape index (κ3) is 5.42. The van der Waals surface area contributed by atoms with Crippen LogP contribution in [0.4, 0.5) is 0 Å². The zero-order valence-electron chi connectivity index (χ0n) is 13.5. The van der Waals surface area contributed by atoms with Crippen LogP contribution in [-0.4, -0.2) is 31.3 Å². The third-order valence-electron chi connectivity index (χ3n) is 3.44. The van der Waals surface area contributed by atoms with Gasteiger partial charge in [0.1, 0.15) is 17.4 Å². The van der Waals surface area contributed by atoms with Crippen molar-refractivity contribution in [3.05, 3.63) is 35.4 Å². The molecule has 122 valence electrons. The van der Waals surface area contributed by atoms with E-state index in [9.17, 15) is 10.1 Å². The minimum Gasteiger partial charge on any atom is -0.491 e. The van der Waals surface area contributed by atoms with E-state index in [-0.39, 0.29) is 23.7 Å². The smallest absolute Gasteiger partial charge is 0.262 e. The second-order valence-electron chi connectivity index (χ2n) is 5.75. The first-order chi connectivity index (χ1) is 11.1. The van der Waals surface area contributed by atoms with Crippen molar-refractivity contribution in [1.29, 1.82) is 5.26 Å². The van der Waals surface area contributed by atoms with Crippen molar-refractivity contribution in [2.24, 2.45) is 0 Å². The quantitative estimate of drug-likeness (QED) is 0.647. The molecule has 1 atom stereocenters. The maximum Gasteiger partial charge on any atom is 0.262 e. The van der Waals surface area contributed by atoms with E-state index in [2.05, 4.69) is 5.32 Å². The van der Waals surface area contributed by atoms with Gasteiger partial charge in [-0.3, -0.25) is 4.79 Å². The minimum absolute atomic E-state index is 0.0614. The lowest BCUT2D eigenvalue weighted by Gasteiger charge is -2.10. The summed E-state index contributed by atoms with van der Waals surface area (Å²) in [4.78, 5) is 12.1. The van der Waals surface area contributed by atoms with Crippen molar-refractivity contribution in [2.75, 3.05) is 13.2 Å². The van der Waals surface area contributed by atoms with Crippen LogP contribution in [0.3, 0.4) is 0 Å². The summed E-state index contributed by atoms with van der Waals surface area (Å²) in [5.41, 5.74) is 0.866. The second-order valence-corrected chi connectivity index (χ2v) is 5.75. The molecule has 23 heavy (non-hydrogen) atoms. The van der Waals surface area contributed by atoms with Crippen LogP contribution in [0.2, 0.25) is 0 Å². The number of nitriles is 1. The molecule has 1 N–H and O–H groups in total. The van der Waals surface area contributed by atoms with Gasteiger partial charge in [-0.05, 0) is 50.5 Å². The van der Waals surface area contributed by atoms with Gasteiger partial charge in [0.2, 0.25) is 0 Å². The average molecular weight is 314 g/mol. The van der Waals surface area contributed by atoms with E-state index in [0.717, 1.165) is 30.8 Å². The molecule has 1 aliphatic rings. The summed E-state index contributed by atoms with van der Waals surface area (Å²) >= 11 is 0. The SMILES string of the molecule is CC(C)Oc1ccc(/C=C(\C#N)C(=O)NCC2CCCO2)cc1. The Morgan fingerprint density at radius 1 is 1.48 bits per heavy atom. The van der Waals surface area contributed by atoms with Gasteiger partial charge in [-0.15, -0.1) is 0 Å². The number of ether oxygens (including phenoxy) is 2. The first-order valence-corrected chi connectivity index (χ1v) is 7.87. The lowest BCUT2D eigenvalue weighted by Crippen LogP contribution is -2.32. The highest BCUT2D eigenvalue weighted by Crippen LogP contribution is 2.16. The van der Waals surface area contributed by atoms with Crippen LogP contribution in [0, 0.1) is 11.3 Å². The molecule has 1 saturated heterocycles. The standard InChI is InChI=1S/C18H22N2O3/c1-13(2)23-16-7-5-14(6-8-16)10-15(11-19)18(21)20-12-17-4-3-9-22-17/h5-8,10,13,17H,3-4,9,12H2,1-2H3,(H,20,21)/b15-10+. The summed E-state index contributed by atoms with van der Waals surface area (Å²) < 4.78 is 11.0. The molecule has 5 nitrogen and oxygen atoms in total. The molecule has 0 aliphatic carbocycles. The Kier molecular flexibility index (Phi) is 6.19. The number of carbonyl (C=O) groups is 1. The summed E-state index contributed by atoms with van der Waals surface area (Å²) in [5.74, 6) is 0.393. The lowest BCUT2D eigenvalue weighted by molar-refractivity contribution is -0.117. The normalized spacial score (nSPS) is 17.8. The van der Waals surface area contributed by atoms with Crippen LogP contribution in [0.15, 0.2) is 29.8 Å². The van der Waals surface area contributed by atoms with Crippen LogP contribution in [0.5, 0.6) is 5.75 Å². The second kappa shape index (κ2) is 8.35. The Morgan fingerprint density at radius 3 is 2.78 bits per heavy atom. The molecule has 2 rings (SSSR count). The van der Waals surface area contributed by atoms with E-state index in [1.807, 2.05) is 44.2 Å². The number of amides is 1. The number of nitrogens with one attached hydrogen (secondary N) is 1. The molecule has 1 unspecified atom stereocenters. The molecule has 0 bridgehead atoms.